The largest absolute Gasteiger partial charge is 0.387 e. The monoisotopic (exact) mass is 297 g/mol. The zero-order chi connectivity index (χ0) is 15.2. The van der Waals surface area contributed by atoms with Gasteiger partial charge in [0.2, 0.25) is 0 Å². The Kier molecular flexibility index (Phi) is 6.12. The Morgan fingerprint density at radius 2 is 1.90 bits per heavy atom. The molecule has 2 N–H and O–H groups in total. The maximum atomic E-state index is 13.1. The molecule has 0 heterocycles. The summed E-state index contributed by atoms with van der Waals surface area (Å²) in [6.45, 7) is 2.61. The third-order valence-corrected chi connectivity index (χ3v) is 4.47. The first-order valence-corrected chi connectivity index (χ1v) is 7.96. The van der Waals surface area contributed by atoms with Crippen molar-refractivity contribution >= 4 is 0 Å². The highest BCUT2D eigenvalue weighted by atomic mass is 19.2. The van der Waals surface area contributed by atoms with Crippen LogP contribution in [0, 0.1) is 17.6 Å². The maximum absolute atomic E-state index is 13.1. The molecule has 1 aromatic carbocycles. The molecule has 118 valence electrons. The van der Waals surface area contributed by atoms with Gasteiger partial charge in [0.1, 0.15) is 0 Å². The van der Waals surface area contributed by atoms with Gasteiger partial charge >= 0.3 is 0 Å². The molecule has 1 aliphatic carbocycles. The Labute approximate surface area is 125 Å². The minimum absolute atomic E-state index is 0.383. The van der Waals surface area contributed by atoms with E-state index in [1.165, 1.54) is 31.7 Å². The zero-order valence-corrected chi connectivity index (χ0v) is 12.6. The molecule has 0 spiro atoms. The Bertz CT molecular complexity index is 444. The lowest BCUT2D eigenvalue weighted by atomic mass is 9.83. The number of halogens is 2. The highest BCUT2D eigenvalue weighted by molar-refractivity contribution is 5.20. The van der Waals surface area contributed by atoms with E-state index in [4.69, 9.17) is 0 Å². The predicted octanol–water partition coefficient (Wildman–Crippen LogP) is 3.95. The van der Waals surface area contributed by atoms with Crippen LogP contribution in [-0.2, 0) is 0 Å². The van der Waals surface area contributed by atoms with Gasteiger partial charge < -0.3 is 10.4 Å². The minimum Gasteiger partial charge on any atom is -0.387 e. The van der Waals surface area contributed by atoms with Crippen LogP contribution in [0.1, 0.15) is 57.1 Å². The number of aliphatic hydroxyl groups excluding tert-OH is 1. The highest BCUT2D eigenvalue weighted by Gasteiger charge is 2.21. The number of hydrogen-bond acceptors (Lipinski definition) is 2. The molecule has 0 aromatic heterocycles. The number of nitrogens with one attached hydrogen (secondary N) is 1. The molecule has 1 atom stereocenters. The lowest BCUT2D eigenvalue weighted by molar-refractivity contribution is 0.161. The first kappa shape index (κ1) is 16.4. The summed E-state index contributed by atoms with van der Waals surface area (Å²) in [5.74, 6) is -0.941. The predicted molar refractivity (Wildman–Crippen MR) is 80.0 cm³/mol. The molecular formula is C17H25F2NO. The van der Waals surface area contributed by atoms with Crippen molar-refractivity contribution in [3.63, 3.8) is 0 Å². The number of hydrogen-bond donors (Lipinski definition) is 2. The Morgan fingerprint density at radius 3 is 2.52 bits per heavy atom. The van der Waals surface area contributed by atoms with Crippen molar-refractivity contribution in [1.29, 1.82) is 0 Å². The van der Waals surface area contributed by atoms with E-state index in [9.17, 15) is 13.9 Å². The van der Waals surface area contributed by atoms with Crippen LogP contribution in [0.5, 0.6) is 0 Å². The van der Waals surface area contributed by atoms with Crippen LogP contribution in [0.3, 0.4) is 0 Å². The molecule has 21 heavy (non-hydrogen) atoms. The van der Waals surface area contributed by atoms with Gasteiger partial charge in [0.05, 0.1) is 6.10 Å². The van der Waals surface area contributed by atoms with Gasteiger partial charge in [-0.3, -0.25) is 0 Å². The van der Waals surface area contributed by atoms with Crippen LogP contribution in [0.25, 0.3) is 0 Å². The molecule has 0 amide bonds. The van der Waals surface area contributed by atoms with Crippen LogP contribution in [-0.4, -0.2) is 17.7 Å². The molecule has 2 rings (SSSR count). The van der Waals surface area contributed by atoms with Gasteiger partial charge in [-0.25, -0.2) is 8.78 Å². The zero-order valence-electron chi connectivity index (χ0n) is 12.6. The molecule has 1 unspecified atom stereocenters. The summed E-state index contributed by atoms with van der Waals surface area (Å²) < 4.78 is 26.0. The van der Waals surface area contributed by atoms with Gasteiger partial charge in [-0.05, 0) is 49.3 Å². The van der Waals surface area contributed by atoms with Crippen molar-refractivity contribution < 1.29 is 13.9 Å². The second-order valence-corrected chi connectivity index (χ2v) is 6.10. The molecule has 1 aliphatic rings. The highest BCUT2D eigenvalue weighted by Crippen LogP contribution is 2.28. The lowest BCUT2D eigenvalue weighted by Crippen LogP contribution is -2.35. The quantitative estimate of drug-likeness (QED) is 0.833. The van der Waals surface area contributed by atoms with E-state index in [2.05, 4.69) is 12.2 Å². The van der Waals surface area contributed by atoms with E-state index in [1.807, 2.05) is 0 Å². The number of benzene rings is 1. The van der Waals surface area contributed by atoms with Crippen LogP contribution in [0.4, 0.5) is 8.78 Å². The summed E-state index contributed by atoms with van der Waals surface area (Å²) in [5, 5.41) is 13.4. The molecule has 0 radical (unpaired) electrons. The smallest absolute Gasteiger partial charge is 0.159 e. The van der Waals surface area contributed by atoms with Gasteiger partial charge in [-0.1, -0.05) is 25.8 Å². The third-order valence-electron chi connectivity index (χ3n) is 4.47. The van der Waals surface area contributed by atoms with Gasteiger partial charge in [-0.2, -0.15) is 0 Å². The van der Waals surface area contributed by atoms with Gasteiger partial charge in [0.25, 0.3) is 0 Å². The van der Waals surface area contributed by atoms with Crippen LogP contribution in [0.2, 0.25) is 0 Å². The topological polar surface area (TPSA) is 32.3 Å². The van der Waals surface area contributed by atoms with Crippen molar-refractivity contribution in [2.45, 2.75) is 57.6 Å². The molecular weight excluding hydrogens is 272 g/mol. The molecule has 1 fully saturated rings. The second-order valence-electron chi connectivity index (χ2n) is 6.10. The van der Waals surface area contributed by atoms with Crippen molar-refractivity contribution in [2.75, 3.05) is 6.54 Å². The van der Waals surface area contributed by atoms with Gasteiger partial charge in [0, 0.05) is 12.6 Å². The van der Waals surface area contributed by atoms with E-state index in [0.717, 1.165) is 30.9 Å². The van der Waals surface area contributed by atoms with E-state index >= 15 is 0 Å². The molecule has 0 bridgehead atoms. The van der Waals surface area contributed by atoms with E-state index < -0.39 is 17.7 Å². The minimum atomic E-state index is -0.911. The molecule has 0 saturated heterocycles. The first-order valence-electron chi connectivity index (χ1n) is 7.96. The average Bonchev–Trinajstić information content (AvgIpc) is 2.49. The summed E-state index contributed by atoms with van der Waals surface area (Å²) >= 11 is 0. The molecule has 0 aliphatic heterocycles. The van der Waals surface area contributed by atoms with Crippen molar-refractivity contribution in [2.24, 2.45) is 5.92 Å². The second kappa shape index (κ2) is 7.85. The molecule has 2 nitrogen and oxygen atoms in total. The molecule has 1 aromatic rings. The Morgan fingerprint density at radius 1 is 1.19 bits per heavy atom. The maximum Gasteiger partial charge on any atom is 0.159 e. The molecule has 4 heteroatoms. The van der Waals surface area contributed by atoms with Gasteiger partial charge in [-0.15, -0.1) is 0 Å². The SMILES string of the molecule is CCCC1CCC(NCC(O)c2ccc(F)c(F)c2)CC1. The summed E-state index contributed by atoms with van der Waals surface area (Å²) in [4.78, 5) is 0. The van der Waals surface area contributed by atoms with E-state index in [0.29, 0.717) is 18.2 Å². The van der Waals surface area contributed by atoms with Crippen molar-refractivity contribution in [3.05, 3.63) is 35.4 Å². The number of aliphatic hydroxyl groups is 1. The fraction of sp³-hybridized carbons (Fsp3) is 0.647. The van der Waals surface area contributed by atoms with E-state index in [-0.39, 0.29) is 0 Å². The Hall–Kier alpha value is -1.00. The van der Waals surface area contributed by atoms with Crippen LogP contribution >= 0.6 is 0 Å². The summed E-state index contributed by atoms with van der Waals surface area (Å²) in [6, 6.07) is 3.99. The first-order chi connectivity index (χ1) is 10.1. The normalized spacial score (nSPS) is 24.0. The number of rotatable bonds is 6. The Balaban J connectivity index is 1.76. The third kappa shape index (κ3) is 4.75. The summed E-state index contributed by atoms with van der Waals surface area (Å²) in [6.07, 6.45) is 6.51. The van der Waals surface area contributed by atoms with Crippen molar-refractivity contribution in [1.82, 2.24) is 5.32 Å². The average molecular weight is 297 g/mol. The summed E-state index contributed by atoms with van der Waals surface area (Å²) in [5.41, 5.74) is 0.418. The van der Waals surface area contributed by atoms with Crippen LogP contribution < -0.4 is 5.32 Å². The van der Waals surface area contributed by atoms with Crippen molar-refractivity contribution in [3.8, 4) is 0 Å². The summed E-state index contributed by atoms with van der Waals surface area (Å²) in [7, 11) is 0. The van der Waals surface area contributed by atoms with Gasteiger partial charge in [0.15, 0.2) is 11.6 Å². The fourth-order valence-corrected chi connectivity index (χ4v) is 3.18. The van der Waals surface area contributed by atoms with E-state index in [1.54, 1.807) is 0 Å². The molecule has 1 saturated carbocycles. The lowest BCUT2D eigenvalue weighted by Gasteiger charge is -2.29. The van der Waals surface area contributed by atoms with Crippen LogP contribution in [0.15, 0.2) is 18.2 Å². The fourth-order valence-electron chi connectivity index (χ4n) is 3.18. The standard InChI is InChI=1S/C17H25F2NO/c1-2-3-12-4-7-14(8-5-12)20-11-17(21)13-6-9-15(18)16(19)10-13/h6,9-10,12,14,17,20-21H,2-5,7-8,11H2,1H3.